The molecule has 1 fully saturated rings. The van der Waals surface area contributed by atoms with Gasteiger partial charge in [-0.25, -0.2) is 0 Å². The van der Waals surface area contributed by atoms with Gasteiger partial charge in [-0.05, 0) is 19.3 Å². The van der Waals surface area contributed by atoms with Crippen LogP contribution in [-0.4, -0.2) is 27.9 Å². The number of hydrogen-bond acceptors (Lipinski definition) is 5. The first-order chi connectivity index (χ1) is 10.3. The third kappa shape index (κ3) is 4.26. The Morgan fingerprint density at radius 2 is 2.10 bits per heavy atom. The molecule has 1 saturated carbocycles. The topological polar surface area (TPSA) is 66.9 Å². The Balaban J connectivity index is 1.41. The van der Waals surface area contributed by atoms with Gasteiger partial charge in [0.2, 0.25) is 11.0 Å². The largest absolute Gasteiger partial charge is 0.360 e. The lowest BCUT2D eigenvalue weighted by Crippen LogP contribution is -2.25. The van der Waals surface area contributed by atoms with Gasteiger partial charge in [-0.1, -0.05) is 30.3 Å². The van der Waals surface area contributed by atoms with Crippen LogP contribution in [0.25, 0.3) is 11.4 Å². The molecule has 0 radical (unpaired) electrons. The zero-order valence-corrected chi connectivity index (χ0v) is 12.5. The van der Waals surface area contributed by atoms with Gasteiger partial charge in [0.25, 0.3) is 0 Å². The minimum atomic E-state index is 0.154. The molecule has 6 heteroatoms. The fourth-order valence-electron chi connectivity index (χ4n) is 1.97. The zero-order chi connectivity index (χ0) is 14.5. The average Bonchev–Trinajstić information content (AvgIpc) is 3.19. The van der Waals surface area contributed by atoms with Gasteiger partial charge >= 0.3 is 0 Å². The molecule has 1 amide bonds. The number of nitrogens with zero attached hydrogens (tertiary/aromatic N) is 2. The quantitative estimate of drug-likeness (QED) is 0.772. The Morgan fingerprint density at radius 1 is 1.29 bits per heavy atom. The molecule has 0 bridgehead atoms. The lowest BCUT2D eigenvalue weighted by Gasteiger charge is -2.03. The molecule has 5 nitrogen and oxygen atoms in total. The molecule has 1 aromatic heterocycles. The molecular formula is C15H18N4OS. The molecule has 0 saturated heterocycles. The first kappa shape index (κ1) is 14.0. The van der Waals surface area contributed by atoms with Crippen molar-refractivity contribution in [1.29, 1.82) is 0 Å². The molecular weight excluding hydrogens is 284 g/mol. The molecule has 1 aliphatic carbocycles. The zero-order valence-electron chi connectivity index (χ0n) is 11.7. The van der Waals surface area contributed by atoms with E-state index in [1.54, 1.807) is 0 Å². The highest BCUT2D eigenvalue weighted by molar-refractivity contribution is 7.09. The van der Waals surface area contributed by atoms with Gasteiger partial charge in [0.05, 0.1) is 0 Å². The maximum atomic E-state index is 11.5. The van der Waals surface area contributed by atoms with Crippen molar-refractivity contribution in [3.8, 4) is 11.4 Å². The van der Waals surface area contributed by atoms with Crippen molar-refractivity contribution >= 4 is 22.6 Å². The number of rotatable bonds is 7. The van der Waals surface area contributed by atoms with Gasteiger partial charge in [-0.2, -0.15) is 9.36 Å². The summed E-state index contributed by atoms with van der Waals surface area (Å²) in [7, 11) is 0. The summed E-state index contributed by atoms with van der Waals surface area (Å²) in [6.07, 6.45) is 3.64. The Hall–Kier alpha value is -1.95. The Bertz CT molecular complexity index is 595. The van der Waals surface area contributed by atoms with Gasteiger partial charge in [0.1, 0.15) is 0 Å². The van der Waals surface area contributed by atoms with E-state index in [1.807, 2.05) is 30.3 Å². The summed E-state index contributed by atoms with van der Waals surface area (Å²) in [4.78, 5) is 16.0. The van der Waals surface area contributed by atoms with Gasteiger partial charge in [0, 0.05) is 36.1 Å². The van der Waals surface area contributed by atoms with Crippen molar-refractivity contribution in [2.75, 3.05) is 11.9 Å². The van der Waals surface area contributed by atoms with E-state index in [4.69, 9.17) is 0 Å². The predicted octanol–water partition coefficient (Wildman–Crippen LogP) is 2.68. The van der Waals surface area contributed by atoms with E-state index in [9.17, 15) is 4.79 Å². The van der Waals surface area contributed by atoms with Crippen LogP contribution in [0.15, 0.2) is 30.3 Å². The second-order valence-corrected chi connectivity index (χ2v) is 5.91. The summed E-state index contributed by atoms with van der Waals surface area (Å²) in [5.74, 6) is 0.899. The third-order valence-corrected chi connectivity index (χ3v) is 3.93. The fourth-order valence-corrected chi connectivity index (χ4v) is 2.58. The van der Waals surface area contributed by atoms with Crippen LogP contribution in [0.1, 0.15) is 25.7 Å². The maximum absolute atomic E-state index is 11.5. The smallest absolute Gasteiger partial charge is 0.220 e. The van der Waals surface area contributed by atoms with E-state index in [1.165, 1.54) is 11.5 Å². The van der Waals surface area contributed by atoms with Crippen LogP contribution in [0, 0.1) is 0 Å². The Labute approximate surface area is 128 Å². The van der Waals surface area contributed by atoms with Gasteiger partial charge < -0.3 is 10.6 Å². The second kappa shape index (κ2) is 6.67. The van der Waals surface area contributed by atoms with Crippen molar-refractivity contribution in [2.45, 2.75) is 31.7 Å². The molecule has 0 spiro atoms. The number of benzene rings is 1. The summed E-state index contributed by atoms with van der Waals surface area (Å²) in [5.41, 5.74) is 1.02. The minimum absolute atomic E-state index is 0.154. The summed E-state index contributed by atoms with van der Waals surface area (Å²) in [6, 6.07) is 10.4. The Kier molecular flexibility index (Phi) is 4.45. The number of carbonyl (C=O) groups is 1. The highest BCUT2D eigenvalue weighted by atomic mass is 32.1. The fraction of sp³-hybridized carbons (Fsp3) is 0.400. The second-order valence-electron chi connectivity index (χ2n) is 5.16. The van der Waals surface area contributed by atoms with Crippen LogP contribution < -0.4 is 10.6 Å². The third-order valence-electron chi connectivity index (χ3n) is 3.26. The molecule has 1 heterocycles. The van der Waals surface area contributed by atoms with E-state index in [-0.39, 0.29) is 5.91 Å². The predicted molar refractivity (Wildman–Crippen MR) is 84.2 cm³/mol. The minimum Gasteiger partial charge on any atom is -0.360 e. The highest BCUT2D eigenvalue weighted by Gasteiger charge is 2.22. The van der Waals surface area contributed by atoms with Gasteiger partial charge in [-0.3, -0.25) is 4.79 Å². The summed E-state index contributed by atoms with van der Waals surface area (Å²) >= 11 is 1.35. The molecule has 2 aromatic rings. The SMILES string of the molecule is O=C(CCCNc1nc(-c2ccccc2)ns1)NC1CC1. The maximum Gasteiger partial charge on any atom is 0.220 e. The van der Waals surface area contributed by atoms with E-state index in [0.29, 0.717) is 12.5 Å². The van der Waals surface area contributed by atoms with Crippen LogP contribution in [0.5, 0.6) is 0 Å². The van der Waals surface area contributed by atoms with E-state index in [0.717, 1.165) is 42.3 Å². The molecule has 0 unspecified atom stereocenters. The van der Waals surface area contributed by atoms with Gasteiger partial charge in [-0.15, -0.1) is 0 Å². The van der Waals surface area contributed by atoms with Crippen molar-refractivity contribution in [2.24, 2.45) is 0 Å². The number of hydrogen-bond donors (Lipinski definition) is 2. The van der Waals surface area contributed by atoms with E-state index >= 15 is 0 Å². The summed E-state index contributed by atoms with van der Waals surface area (Å²) in [6.45, 7) is 0.738. The highest BCUT2D eigenvalue weighted by Crippen LogP contribution is 2.21. The molecule has 1 aromatic carbocycles. The lowest BCUT2D eigenvalue weighted by atomic mass is 10.2. The van der Waals surface area contributed by atoms with Crippen molar-refractivity contribution in [1.82, 2.24) is 14.7 Å². The number of aromatic nitrogens is 2. The summed E-state index contributed by atoms with van der Waals surface area (Å²) in [5, 5.41) is 7.01. The van der Waals surface area contributed by atoms with Crippen LogP contribution in [0.4, 0.5) is 5.13 Å². The van der Waals surface area contributed by atoms with Gasteiger partial charge in [0.15, 0.2) is 5.82 Å². The normalized spacial score (nSPS) is 13.9. The van der Waals surface area contributed by atoms with Crippen molar-refractivity contribution in [3.05, 3.63) is 30.3 Å². The molecule has 1 aliphatic rings. The van der Waals surface area contributed by atoms with Crippen LogP contribution in [0.2, 0.25) is 0 Å². The molecule has 3 rings (SSSR count). The molecule has 21 heavy (non-hydrogen) atoms. The molecule has 0 aliphatic heterocycles. The van der Waals surface area contributed by atoms with Crippen LogP contribution >= 0.6 is 11.5 Å². The monoisotopic (exact) mass is 302 g/mol. The van der Waals surface area contributed by atoms with Crippen LogP contribution in [0.3, 0.4) is 0 Å². The number of amides is 1. The standard InChI is InChI=1S/C15H18N4OS/c20-13(17-12-8-9-12)7-4-10-16-15-18-14(19-21-15)11-5-2-1-3-6-11/h1-3,5-6,12H,4,7-10H2,(H,17,20)(H,16,18,19). The summed E-state index contributed by atoms with van der Waals surface area (Å²) < 4.78 is 4.34. The van der Waals surface area contributed by atoms with E-state index in [2.05, 4.69) is 20.0 Å². The van der Waals surface area contributed by atoms with Crippen LogP contribution in [-0.2, 0) is 4.79 Å². The first-order valence-electron chi connectivity index (χ1n) is 7.23. The number of anilines is 1. The van der Waals surface area contributed by atoms with Crippen molar-refractivity contribution in [3.63, 3.8) is 0 Å². The number of nitrogens with one attached hydrogen (secondary N) is 2. The average molecular weight is 302 g/mol. The Morgan fingerprint density at radius 3 is 2.86 bits per heavy atom. The molecule has 2 N–H and O–H groups in total. The molecule has 110 valence electrons. The molecule has 0 atom stereocenters. The first-order valence-corrected chi connectivity index (χ1v) is 8.01. The lowest BCUT2D eigenvalue weighted by molar-refractivity contribution is -0.121. The van der Waals surface area contributed by atoms with E-state index < -0.39 is 0 Å². The van der Waals surface area contributed by atoms with Crippen molar-refractivity contribution < 1.29 is 4.79 Å². The number of carbonyl (C=O) groups excluding carboxylic acids is 1.